The Bertz CT molecular complexity index is 451. The predicted molar refractivity (Wildman–Crippen MR) is 68.4 cm³/mol. The van der Waals surface area contributed by atoms with Crippen LogP contribution in [-0.2, 0) is 6.54 Å². The average Bonchev–Trinajstić information content (AvgIpc) is 2.16. The Hall–Kier alpha value is -1.23. The maximum atomic E-state index is 11.6. The van der Waals surface area contributed by atoms with Crippen LogP contribution >= 0.6 is 12.2 Å². The Morgan fingerprint density at radius 2 is 2.25 bits per heavy atom. The van der Waals surface area contributed by atoms with E-state index < -0.39 is 0 Å². The van der Waals surface area contributed by atoms with E-state index in [0.29, 0.717) is 18.0 Å². The molecule has 0 atom stereocenters. The molecule has 0 bridgehead atoms. The Balaban J connectivity index is 2.76. The highest BCUT2D eigenvalue weighted by molar-refractivity contribution is 7.80. The predicted octanol–water partition coefficient (Wildman–Crippen LogP) is 1.25. The van der Waals surface area contributed by atoms with Crippen molar-refractivity contribution in [2.45, 2.75) is 33.7 Å². The van der Waals surface area contributed by atoms with Gasteiger partial charge < -0.3 is 5.73 Å². The van der Waals surface area contributed by atoms with Gasteiger partial charge in [-0.25, -0.2) is 4.68 Å². The van der Waals surface area contributed by atoms with Crippen molar-refractivity contribution in [2.75, 3.05) is 0 Å². The largest absolute Gasteiger partial charge is 0.393 e. The molecule has 0 fully saturated rings. The van der Waals surface area contributed by atoms with Gasteiger partial charge in [0.2, 0.25) is 0 Å². The Kier molecular flexibility index (Phi) is 3.80. The van der Waals surface area contributed by atoms with Crippen LogP contribution in [0.15, 0.2) is 17.1 Å². The van der Waals surface area contributed by atoms with Gasteiger partial charge in [-0.2, -0.15) is 5.10 Å². The molecule has 0 spiro atoms. The van der Waals surface area contributed by atoms with Crippen LogP contribution in [0.4, 0.5) is 0 Å². The summed E-state index contributed by atoms with van der Waals surface area (Å²) in [6.45, 7) is 6.31. The molecule has 1 rings (SSSR count). The summed E-state index contributed by atoms with van der Waals surface area (Å²) in [4.78, 5) is 12.0. The summed E-state index contributed by atoms with van der Waals surface area (Å²) in [6.07, 6.45) is 2.38. The number of nitrogens with zero attached hydrogens (tertiary/aromatic N) is 2. The van der Waals surface area contributed by atoms with Gasteiger partial charge >= 0.3 is 0 Å². The molecule has 0 amide bonds. The topological polar surface area (TPSA) is 60.9 Å². The van der Waals surface area contributed by atoms with E-state index in [0.717, 1.165) is 5.56 Å². The first-order chi connectivity index (χ1) is 7.33. The molecule has 16 heavy (non-hydrogen) atoms. The highest BCUT2D eigenvalue weighted by atomic mass is 32.1. The maximum Gasteiger partial charge on any atom is 0.266 e. The maximum absolute atomic E-state index is 11.6. The first kappa shape index (κ1) is 12.8. The fourth-order valence-corrected chi connectivity index (χ4v) is 1.30. The van der Waals surface area contributed by atoms with Crippen LogP contribution in [0.25, 0.3) is 0 Å². The molecule has 0 saturated carbocycles. The van der Waals surface area contributed by atoms with E-state index in [-0.39, 0.29) is 11.0 Å². The molecule has 0 aliphatic rings. The molecule has 0 saturated heterocycles. The van der Waals surface area contributed by atoms with E-state index >= 15 is 0 Å². The molecule has 88 valence electrons. The van der Waals surface area contributed by atoms with E-state index in [2.05, 4.69) is 5.10 Å². The third-order valence-corrected chi connectivity index (χ3v) is 3.17. The summed E-state index contributed by atoms with van der Waals surface area (Å²) in [7, 11) is 0. The second kappa shape index (κ2) is 4.74. The van der Waals surface area contributed by atoms with Crippen LogP contribution in [0.3, 0.4) is 0 Å². The minimum absolute atomic E-state index is 0.0845. The van der Waals surface area contributed by atoms with Crippen molar-refractivity contribution in [3.05, 3.63) is 28.2 Å². The number of nitrogens with two attached hydrogens (primary N) is 1. The second-order valence-corrected chi connectivity index (χ2v) is 5.03. The molecule has 0 unspecified atom stereocenters. The zero-order valence-electron chi connectivity index (χ0n) is 9.86. The minimum Gasteiger partial charge on any atom is -0.393 e. The Morgan fingerprint density at radius 3 is 2.75 bits per heavy atom. The molecule has 4 nitrogen and oxygen atoms in total. The third-order valence-electron chi connectivity index (χ3n) is 2.62. The monoisotopic (exact) mass is 239 g/mol. The summed E-state index contributed by atoms with van der Waals surface area (Å²) in [6, 6.07) is 1.57. The van der Waals surface area contributed by atoms with Crippen LogP contribution in [0, 0.1) is 12.3 Å². The van der Waals surface area contributed by atoms with Gasteiger partial charge in [0.15, 0.2) is 0 Å². The van der Waals surface area contributed by atoms with Crippen molar-refractivity contribution >= 4 is 17.2 Å². The van der Waals surface area contributed by atoms with Crippen molar-refractivity contribution in [1.29, 1.82) is 0 Å². The fourth-order valence-electron chi connectivity index (χ4n) is 1.20. The normalized spacial score (nSPS) is 11.4. The molecule has 0 aromatic carbocycles. The summed E-state index contributed by atoms with van der Waals surface area (Å²) >= 11 is 4.97. The van der Waals surface area contributed by atoms with Gasteiger partial charge in [0.25, 0.3) is 5.56 Å². The Morgan fingerprint density at radius 1 is 1.62 bits per heavy atom. The second-order valence-electron chi connectivity index (χ2n) is 4.59. The van der Waals surface area contributed by atoms with E-state index in [1.807, 2.05) is 20.8 Å². The van der Waals surface area contributed by atoms with Crippen LogP contribution in [-0.4, -0.2) is 14.8 Å². The van der Waals surface area contributed by atoms with Crippen molar-refractivity contribution < 1.29 is 0 Å². The van der Waals surface area contributed by atoms with Crippen LogP contribution in [0.1, 0.15) is 25.8 Å². The summed E-state index contributed by atoms with van der Waals surface area (Å²) in [5, 5.41) is 4.06. The lowest BCUT2D eigenvalue weighted by Gasteiger charge is -2.22. The lowest BCUT2D eigenvalue weighted by Crippen LogP contribution is -2.33. The number of aryl methyl sites for hydroxylation is 2. The van der Waals surface area contributed by atoms with E-state index in [1.165, 1.54) is 4.68 Å². The average molecular weight is 239 g/mol. The lowest BCUT2D eigenvalue weighted by molar-refractivity contribution is 0.409. The SMILES string of the molecule is Cc1cnn(CCC(C)(C)C(N)=S)c(=O)c1. The molecule has 0 aliphatic heterocycles. The first-order valence-corrected chi connectivity index (χ1v) is 5.57. The third kappa shape index (κ3) is 3.13. The van der Waals surface area contributed by atoms with Gasteiger partial charge in [-0.15, -0.1) is 0 Å². The van der Waals surface area contributed by atoms with Gasteiger partial charge in [0.1, 0.15) is 0 Å². The molecule has 0 radical (unpaired) electrons. The number of hydrogen-bond donors (Lipinski definition) is 1. The van der Waals surface area contributed by atoms with Crippen molar-refractivity contribution in [2.24, 2.45) is 11.1 Å². The van der Waals surface area contributed by atoms with Crippen molar-refractivity contribution in [1.82, 2.24) is 9.78 Å². The highest BCUT2D eigenvalue weighted by Gasteiger charge is 2.21. The van der Waals surface area contributed by atoms with Crippen LogP contribution < -0.4 is 11.3 Å². The molecule has 5 heteroatoms. The molecular formula is C11H17N3OS. The molecular weight excluding hydrogens is 222 g/mol. The zero-order chi connectivity index (χ0) is 12.3. The molecule has 2 N–H and O–H groups in total. The van der Waals surface area contributed by atoms with Crippen LogP contribution in [0.5, 0.6) is 0 Å². The fraction of sp³-hybridized carbons (Fsp3) is 0.545. The molecule has 1 aromatic heterocycles. The van der Waals surface area contributed by atoms with Gasteiger partial charge in [0, 0.05) is 18.0 Å². The first-order valence-electron chi connectivity index (χ1n) is 5.16. The van der Waals surface area contributed by atoms with Gasteiger partial charge in [0.05, 0.1) is 11.2 Å². The van der Waals surface area contributed by atoms with Gasteiger partial charge in [-0.1, -0.05) is 26.1 Å². The highest BCUT2D eigenvalue weighted by Crippen LogP contribution is 2.20. The van der Waals surface area contributed by atoms with Crippen molar-refractivity contribution in [3.63, 3.8) is 0 Å². The standard InChI is InChI=1S/C11H17N3OS/c1-8-6-9(15)14(13-7-8)5-4-11(2,3)10(12)16/h6-7H,4-5H2,1-3H3,(H2,12,16). The van der Waals surface area contributed by atoms with Gasteiger partial charge in [-0.05, 0) is 18.9 Å². The molecule has 1 heterocycles. The number of rotatable bonds is 4. The number of hydrogen-bond acceptors (Lipinski definition) is 3. The van der Waals surface area contributed by atoms with E-state index in [4.69, 9.17) is 18.0 Å². The lowest BCUT2D eigenvalue weighted by atomic mass is 9.89. The Labute approximate surface area is 100 Å². The van der Waals surface area contributed by atoms with E-state index in [1.54, 1.807) is 12.3 Å². The molecule has 0 aliphatic carbocycles. The van der Waals surface area contributed by atoms with E-state index in [9.17, 15) is 4.79 Å². The van der Waals surface area contributed by atoms with Crippen molar-refractivity contribution in [3.8, 4) is 0 Å². The number of aromatic nitrogens is 2. The summed E-state index contributed by atoms with van der Waals surface area (Å²) in [5.41, 5.74) is 6.16. The summed E-state index contributed by atoms with van der Waals surface area (Å²) in [5.74, 6) is 0. The minimum atomic E-state index is -0.249. The summed E-state index contributed by atoms with van der Waals surface area (Å²) < 4.78 is 1.44. The number of thiocarbonyl (C=S) groups is 1. The smallest absolute Gasteiger partial charge is 0.266 e. The van der Waals surface area contributed by atoms with Crippen LogP contribution in [0.2, 0.25) is 0 Å². The molecule has 1 aromatic rings. The zero-order valence-corrected chi connectivity index (χ0v) is 10.7. The van der Waals surface area contributed by atoms with Gasteiger partial charge in [-0.3, -0.25) is 4.79 Å². The quantitative estimate of drug-likeness (QED) is 0.803.